The van der Waals surface area contributed by atoms with E-state index < -0.39 is 6.23 Å². The number of imidazole rings is 1. The van der Waals surface area contributed by atoms with Crippen LogP contribution in [0.5, 0.6) is 0 Å². The highest BCUT2D eigenvalue weighted by Gasteiger charge is 2.17. The molecule has 1 unspecified atom stereocenters. The summed E-state index contributed by atoms with van der Waals surface area (Å²) in [6.07, 6.45) is 9.81. The Labute approximate surface area is 205 Å². The van der Waals surface area contributed by atoms with Gasteiger partial charge in [0.15, 0.2) is 11.5 Å². The Morgan fingerprint density at radius 2 is 1.75 bits per heavy atom. The minimum Gasteiger partial charge on any atom is -0.374 e. The summed E-state index contributed by atoms with van der Waals surface area (Å²) in [5.41, 5.74) is 7.01. The van der Waals surface area contributed by atoms with Gasteiger partial charge in [-0.25, -0.2) is 9.97 Å². The topological polar surface area (TPSA) is 141 Å². The second kappa shape index (κ2) is 8.82. The Hall–Kier alpha value is -4.70. The molecule has 0 amide bonds. The molecule has 6 heterocycles. The predicted octanol–water partition coefficient (Wildman–Crippen LogP) is 4.41. The molecular formula is C26H23N9O. The highest BCUT2D eigenvalue weighted by molar-refractivity contribution is 5.96. The van der Waals surface area contributed by atoms with Gasteiger partial charge in [-0.05, 0) is 36.2 Å². The van der Waals surface area contributed by atoms with Crippen molar-refractivity contribution in [3.63, 3.8) is 0 Å². The summed E-state index contributed by atoms with van der Waals surface area (Å²) in [6.45, 7) is 3.89. The largest absolute Gasteiger partial charge is 0.374 e. The Morgan fingerprint density at radius 1 is 0.889 bits per heavy atom. The number of pyridine rings is 4. The Morgan fingerprint density at radius 3 is 2.58 bits per heavy atom. The zero-order valence-electron chi connectivity index (χ0n) is 19.6. The van der Waals surface area contributed by atoms with Gasteiger partial charge in [0.2, 0.25) is 0 Å². The average molecular weight is 478 g/mol. The third kappa shape index (κ3) is 3.93. The lowest BCUT2D eigenvalue weighted by atomic mass is 10.1. The number of nitrogens with zero attached hydrogens (tertiary/aromatic N) is 6. The van der Waals surface area contributed by atoms with Crippen LogP contribution in [0.2, 0.25) is 0 Å². The average Bonchev–Trinajstić information content (AvgIpc) is 3.53. The number of anilines is 1. The maximum atomic E-state index is 10.2. The van der Waals surface area contributed by atoms with Crippen LogP contribution >= 0.6 is 0 Å². The van der Waals surface area contributed by atoms with Gasteiger partial charge in [0.25, 0.3) is 0 Å². The number of aromatic nitrogens is 8. The number of aliphatic hydroxyl groups is 1. The highest BCUT2D eigenvalue weighted by atomic mass is 16.3. The van der Waals surface area contributed by atoms with E-state index in [2.05, 4.69) is 40.4 Å². The first-order valence-electron chi connectivity index (χ1n) is 11.6. The molecule has 6 aromatic heterocycles. The van der Waals surface area contributed by atoms with Crippen molar-refractivity contribution in [3.8, 4) is 33.9 Å². The van der Waals surface area contributed by atoms with E-state index >= 15 is 0 Å². The van der Waals surface area contributed by atoms with Gasteiger partial charge in [0, 0.05) is 47.7 Å². The third-order valence-corrected chi connectivity index (χ3v) is 5.99. The molecular weight excluding hydrogens is 454 g/mol. The number of hydrogen-bond acceptors (Lipinski definition) is 8. The third-order valence-electron chi connectivity index (χ3n) is 5.99. The minimum atomic E-state index is -0.665. The molecule has 178 valence electrons. The molecule has 0 aromatic carbocycles. The van der Waals surface area contributed by atoms with Crippen LogP contribution in [-0.2, 0) is 0 Å². The summed E-state index contributed by atoms with van der Waals surface area (Å²) in [4.78, 5) is 25.8. The molecule has 36 heavy (non-hydrogen) atoms. The number of hydrogen-bond donors (Lipinski definition) is 4. The van der Waals surface area contributed by atoms with E-state index in [0.29, 0.717) is 17.2 Å². The summed E-state index contributed by atoms with van der Waals surface area (Å²) in [7, 11) is 0. The van der Waals surface area contributed by atoms with Crippen LogP contribution in [0.3, 0.4) is 0 Å². The van der Waals surface area contributed by atoms with Crippen LogP contribution in [0.25, 0.3) is 56.0 Å². The van der Waals surface area contributed by atoms with Gasteiger partial charge >= 0.3 is 0 Å². The quantitative estimate of drug-likeness (QED) is 0.259. The summed E-state index contributed by atoms with van der Waals surface area (Å²) in [6, 6.07) is 9.67. The molecule has 10 nitrogen and oxygen atoms in total. The fourth-order valence-corrected chi connectivity index (χ4v) is 4.02. The monoisotopic (exact) mass is 477 g/mol. The predicted molar refractivity (Wildman–Crippen MR) is 138 cm³/mol. The van der Waals surface area contributed by atoms with Crippen molar-refractivity contribution in [2.24, 2.45) is 5.92 Å². The lowest BCUT2D eigenvalue weighted by molar-refractivity contribution is 0.153. The number of rotatable bonds is 6. The van der Waals surface area contributed by atoms with Crippen LogP contribution < -0.4 is 5.32 Å². The second-order valence-corrected chi connectivity index (χ2v) is 8.87. The summed E-state index contributed by atoms with van der Waals surface area (Å²) < 4.78 is 0. The molecule has 0 saturated carbocycles. The standard InChI is InChI=1S/C26H23N9O/c1-14(2)26(36)31-18-8-16(11-28-13-18)17-9-19-22(34-35-24(19)30-12-17)25-32-20-5-7-29-21(23(20)33-25)15-4-3-6-27-10-15/h3-14,26,31,36H,1-2H3,(H,32,33)(H,30,34,35). The molecule has 0 bridgehead atoms. The van der Waals surface area contributed by atoms with Crippen molar-refractivity contribution in [2.75, 3.05) is 5.32 Å². The molecule has 0 spiro atoms. The van der Waals surface area contributed by atoms with Gasteiger partial charge in [-0.1, -0.05) is 13.8 Å². The van der Waals surface area contributed by atoms with E-state index in [1.54, 1.807) is 37.2 Å². The lowest BCUT2D eigenvalue weighted by Gasteiger charge is -2.17. The molecule has 0 aliphatic carbocycles. The first-order chi connectivity index (χ1) is 17.6. The van der Waals surface area contributed by atoms with Crippen molar-refractivity contribution in [2.45, 2.75) is 20.1 Å². The van der Waals surface area contributed by atoms with Gasteiger partial charge in [-0.3, -0.25) is 20.1 Å². The number of nitrogens with one attached hydrogen (secondary N) is 3. The van der Waals surface area contributed by atoms with Crippen LogP contribution in [0.15, 0.2) is 67.5 Å². The number of aliphatic hydroxyl groups excluding tert-OH is 1. The maximum absolute atomic E-state index is 10.2. The molecule has 0 radical (unpaired) electrons. The van der Waals surface area contributed by atoms with Crippen molar-refractivity contribution in [1.82, 2.24) is 40.1 Å². The smallest absolute Gasteiger partial charge is 0.159 e. The van der Waals surface area contributed by atoms with E-state index in [0.717, 1.165) is 44.5 Å². The van der Waals surface area contributed by atoms with Crippen molar-refractivity contribution >= 4 is 27.8 Å². The molecule has 6 aromatic rings. The van der Waals surface area contributed by atoms with Crippen LogP contribution in [-0.4, -0.2) is 51.4 Å². The van der Waals surface area contributed by atoms with Crippen LogP contribution in [0.4, 0.5) is 5.69 Å². The summed E-state index contributed by atoms with van der Waals surface area (Å²) in [5.74, 6) is 0.680. The van der Waals surface area contributed by atoms with Gasteiger partial charge < -0.3 is 15.4 Å². The first-order valence-corrected chi connectivity index (χ1v) is 11.6. The second-order valence-electron chi connectivity index (χ2n) is 8.87. The van der Waals surface area contributed by atoms with E-state index in [4.69, 9.17) is 4.98 Å². The van der Waals surface area contributed by atoms with E-state index in [1.807, 2.05) is 44.2 Å². The molecule has 6 rings (SSSR count). The van der Waals surface area contributed by atoms with Crippen molar-refractivity contribution in [3.05, 3.63) is 67.5 Å². The maximum Gasteiger partial charge on any atom is 0.159 e. The fourth-order valence-electron chi connectivity index (χ4n) is 4.02. The molecule has 0 fully saturated rings. The molecule has 0 aliphatic rings. The SMILES string of the molecule is CC(C)C(O)Nc1cncc(-c2cnc3[nH]nc(-c4nc5c(-c6cccnc6)nccc5[nH]4)c3c2)c1. The zero-order valence-corrected chi connectivity index (χ0v) is 19.6. The fraction of sp³-hybridized carbons (Fsp3) is 0.154. The molecule has 10 heteroatoms. The highest BCUT2D eigenvalue weighted by Crippen LogP contribution is 2.31. The van der Waals surface area contributed by atoms with Crippen LogP contribution in [0.1, 0.15) is 13.8 Å². The van der Waals surface area contributed by atoms with Gasteiger partial charge in [0.1, 0.15) is 17.4 Å². The number of aromatic amines is 2. The molecule has 1 atom stereocenters. The van der Waals surface area contributed by atoms with Gasteiger partial charge in [-0.15, -0.1) is 0 Å². The van der Waals surface area contributed by atoms with Crippen molar-refractivity contribution < 1.29 is 5.11 Å². The molecule has 0 aliphatic heterocycles. The lowest BCUT2D eigenvalue weighted by Crippen LogP contribution is -2.24. The van der Waals surface area contributed by atoms with E-state index in [9.17, 15) is 5.11 Å². The molecule has 0 saturated heterocycles. The van der Waals surface area contributed by atoms with Gasteiger partial charge in [-0.2, -0.15) is 5.10 Å². The summed E-state index contributed by atoms with van der Waals surface area (Å²) in [5, 5.41) is 21.6. The number of fused-ring (bicyclic) bond motifs is 2. The van der Waals surface area contributed by atoms with E-state index in [1.165, 1.54) is 0 Å². The minimum absolute atomic E-state index is 0.0674. The zero-order chi connectivity index (χ0) is 24.6. The Bertz CT molecular complexity index is 1670. The first kappa shape index (κ1) is 21.8. The van der Waals surface area contributed by atoms with E-state index in [-0.39, 0.29) is 5.92 Å². The Kier molecular flexibility index (Phi) is 5.34. The van der Waals surface area contributed by atoms with Gasteiger partial charge in [0.05, 0.1) is 28.5 Å². The summed E-state index contributed by atoms with van der Waals surface area (Å²) >= 11 is 0. The normalized spacial score (nSPS) is 12.4. The molecule has 4 N–H and O–H groups in total. The Balaban J connectivity index is 1.41. The van der Waals surface area contributed by atoms with Crippen molar-refractivity contribution in [1.29, 1.82) is 0 Å². The van der Waals surface area contributed by atoms with Crippen LogP contribution in [0, 0.1) is 5.92 Å². The number of H-pyrrole nitrogens is 2.